The Balaban J connectivity index is 2.11. The Morgan fingerprint density at radius 1 is 1.43 bits per heavy atom. The molecular formula is C15H14F2N4OS. The number of hydrogen-bond acceptors (Lipinski definition) is 4. The summed E-state index contributed by atoms with van der Waals surface area (Å²) in [4.78, 5) is 22.9. The highest BCUT2D eigenvalue weighted by atomic mass is 32.1. The van der Waals surface area contributed by atoms with Crippen LogP contribution in [-0.4, -0.2) is 20.9 Å². The first kappa shape index (κ1) is 15.5. The molecule has 0 aliphatic carbocycles. The SMILES string of the molecule is CC(=O)Nc1cc2c(-c3nc(C(C)(F)F)c(C)s3)c[nH]c2cn1. The van der Waals surface area contributed by atoms with Gasteiger partial charge in [0.2, 0.25) is 5.91 Å². The van der Waals surface area contributed by atoms with E-state index < -0.39 is 5.92 Å². The van der Waals surface area contributed by atoms with Gasteiger partial charge in [-0.05, 0) is 13.0 Å². The van der Waals surface area contributed by atoms with E-state index in [4.69, 9.17) is 0 Å². The van der Waals surface area contributed by atoms with E-state index in [0.717, 1.165) is 17.8 Å². The normalized spacial score (nSPS) is 11.9. The Hall–Kier alpha value is -2.35. The molecule has 0 aliphatic rings. The first-order valence-electron chi connectivity index (χ1n) is 6.86. The molecule has 2 N–H and O–H groups in total. The molecule has 3 rings (SSSR count). The third-order valence-electron chi connectivity index (χ3n) is 3.31. The molecule has 0 bridgehead atoms. The van der Waals surface area contributed by atoms with Crippen molar-refractivity contribution in [3.8, 4) is 10.6 Å². The van der Waals surface area contributed by atoms with Gasteiger partial charge in [-0.1, -0.05) is 0 Å². The third-order valence-corrected chi connectivity index (χ3v) is 4.32. The maximum absolute atomic E-state index is 13.6. The van der Waals surface area contributed by atoms with Crippen molar-refractivity contribution in [2.45, 2.75) is 26.7 Å². The largest absolute Gasteiger partial charge is 0.359 e. The average Bonchev–Trinajstić information content (AvgIpc) is 3.00. The summed E-state index contributed by atoms with van der Waals surface area (Å²) in [5.41, 5.74) is 1.24. The standard InChI is InChI=1S/C15H14F2N4OS/c1-7-13(15(3,16)17)21-14(23-7)10-5-18-11-6-19-12(4-9(10)11)20-8(2)22/h4-6,18H,1-3H3,(H,19,20,22). The number of halogens is 2. The summed E-state index contributed by atoms with van der Waals surface area (Å²) in [5, 5.41) is 3.88. The lowest BCUT2D eigenvalue weighted by Crippen LogP contribution is -2.08. The highest BCUT2D eigenvalue weighted by molar-refractivity contribution is 7.15. The van der Waals surface area contributed by atoms with Crippen LogP contribution < -0.4 is 5.32 Å². The second-order valence-corrected chi connectivity index (χ2v) is 6.51. The number of nitrogens with zero attached hydrogens (tertiary/aromatic N) is 2. The summed E-state index contributed by atoms with van der Waals surface area (Å²) in [6.45, 7) is 3.86. The lowest BCUT2D eigenvalue weighted by Gasteiger charge is -2.06. The van der Waals surface area contributed by atoms with E-state index in [1.54, 1.807) is 25.4 Å². The zero-order valence-electron chi connectivity index (χ0n) is 12.7. The minimum atomic E-state index is -2.98. The lowest BCUT2D eigenvalue weighted by atomic mass is 10.2. The summed E-state index contributed by atoms with van der Waals surface area (Å²) in [5.74, 6) is -2.81. The van der Waals surface area contributed by atoms with Crippen molar-refractivity contribution < 1.29 is 13.6 Å². The quantitative estimate of drug-likeness (QED) is 0.757. The van der Waals surface area contributed by atoms with Gasteiger partial charge < -0.3 is 10.3 Å². The van der Waals surface area contributed by atoms with Gasteiger partial charge in [-0.2, -0.15) is 8.78 Å². The summed E-state index contributed by atoms with van der Waals surface area (Å²) in [7, 11) is 0. The van der Waals surface area contributed by atoms with Crippen LogP contribution in [0.2, 0.25) is 0 Å². The van der Waals surface area contributed by atoms with Crippen LogP contribution in [0.5, 0.6) is 0 Å². The predicted molar refractivity (Wildman–Crippen MR) is 85.8 cm³/mol. The Morgan fingerprint density at radius 3 is 2.78 bits per heavy atom. The molecule has 0 fully saturated rings. The molecule has 0 aliphatic heterocycles. The Morgan fingerprint density at radius 2 is 2.17 bits per heavy atom. The van der Waals surface area contributed by atoms with Crippen molar-refractivity contribution in [2.75, 3.05) is 5.32 Å². The topological polar surface area (TPSA) is 70.7 Å². The van der Waals surface area contributed by atoms with E-state index >= 15 is 0 Å². The molecule has 8 heteroatoms. The van der Waals surface area contributed by atoms with E-state index in [1.165, 1.54) is 18.3 Å². The van der Waals surface area contributed by atoms with E-state index in [2.05, 4.69) is 20.3 Å². The van der Waals surface area contributed by atoms with Crippen molar-refractivity contribution in [3.63, 3.8) is 0 Å². The zero-order valence-corrected chi connectivity index (χ0v) is 13.5. The van der Waals surface area contributed by atoms with E-state index in [-0.39, 0.29) is 11.6 Å². The fraction of sp³-hybridized carbons (Fsp3) is 0.267. The van der Waals surface area contributed by atoms with Crippen LogP contribution >= 0.6 is 11.3 Å². The van der Waals surface area contributed by atoms with Crippen LogP contribution in [0.3, 0.4) is 0 Å². The van der Waals surface area contributed by atoms with Crippen molar-refractivity contribution in [1.82, 2.24) is 15.0 Å². The number of carbonyl (C=O) groups is 1. The summed E-state index contributed by atoms with van der Waals surface area (Å²) < 4.78 is 27.1. The van der Waals surface area contributed by atoms with Crippen molar-refractivity contribution >= 4 is 34.0 Å². The van der Waals surface area contributed by atoms with E-state index in [9.17, 15) is 13.6 Å². The van der Waals surface area contributed by atoms with Crippen LogP contribution in [-0.2, 0) is 10.7 Å². The highest BCUT2D eigenvalue weighted by Gasteiger charge is 2.31. The van der Waals surface area contributed by atoms with Crippen molar-refractivity contribution in [1.29, 1.82) is 0 Å². The molecule has 3 aromatic heterocycles. The number of carbonyl (C=O) groups excluding carboxylic acids is 1. The van der Waals surface area contributed by atoms with Gasteiger partial charge in [-0.15, -0.1) is 11.3 Å². The number of anilines is 1. The van der Waals surface area contributed by atoms with Crippen LogP contribution in [0.25, 0.3) is 21.5 Å². The number of pyridine rings is 1. The van der Waals surface area contributed by atoms with Gasteiger partial charge in [-0.3, -0.25) is 4.79 Å². The summed E-state index contributed by atoms with van der Waals surface area (Å²) in [6, 6.07) is 1.70. The Labute approximate surface area is 134 Å². The van der Waals surface area contributed by atoms with Gasteiger partial charge in [0.15, 0.2) is 0 Å². The van der Waals surface area contributed by atoms with Gasteiger partial charge in [0.25, 0.3) is 5.92 Å². The van der Waals surface area contributed by atoms with Gasteiger partial charge >= 0.3 is 0 Å². The Kier molecular flexibility index (Phi) is 3.63. The molecule has 0 unspecified atom stereocenters. The van der Waals surface area contributed by atoms with Crippen LogP contribution in [0.1, 0.15) is 24.4 Å². The van der Waals surface area contributed by atoms with Gasteiger partial charge in [0.05, 0.1) is 11.7 Å². The number of aromatic amines is 1. The minimum absolute atomic E-state index is 0.206. The molecule has 0 saturated carbocycles. The molecule has 120 valence electrons. The van der Waals surface area contributed by atoms with Gasteiger partial charge in [0, 0.05) is 35.9 Å². The highest BCUT2D eigenvalue weighted by Crippen LogP contribution is 2.38. The fourth-order valence-electron chi connectivity index (χ4n) is 2.37. The smallest absolute Gasteiger partial charge is 0.288 e. The molecule has 0 radical (unpaired) electrons. The number of hydrogen-bond donors (Lipinski definition) is 2. The molecule has 0 aromatic carbocycles. The fourth-order valence-corrected chi connectivity index (χ4v) is 3.39. The lowest BCUT2D eigenvalue weighted by molar-refractivity contribution is -0.114. The molecular weight excluding hydrogens is 322 g/mol. The molecule has 1 amide bonds. The van der Waals surface area contributed by atoms with Gasteiger partial charge in [0.1, 0.15) is 16.5 Å². The number of fused-ring (bicyclic) bond motifs is 1. The van der Waals surface area contributed by atoms with E-state index in [1.807, 2.05) is 0 Å². The Bertz CT molecular complexity index is 895. The number of alkyl halides is 2. The monoisotopic (exact) mass is 336 g/mol. The van der Waals surface area contributed by atoms with Crippen molar-refractivity contribution in [2.24, 2.45) is 0 Å². The van der Waals surface area contributed by atoms with Crippen molar-refractivity contribution in [3.05, 3.63) is 29.0 Å². The number of rotatable bonds is 3. The molecule has 5 nitrogen and oxygen atoms in total. The molecule has 3 aromatic rings. The number of thiazole rings is 1. The predicted octanol–water partition coefficient (Wildman–Crippen LogP) is 4.06. The van der Waals surface area contributed by atoms with E-state index in [0.29, 0.717) is 21.3 Å². The first-order chi connectivity index (χ1) is 10.8. The van der Waals surface area contributed by atoms with Crippen LogP contribution in [0.4, 0.5) is 14.6 Å². The number of nitrogens with one attached hydrogen (secondary N) is 2. The average molecular weight is 336 g/mol. The summed E-state index contributed by atoms with van der Waals surface area (Å²) in [6.07, 6.45) is 3.29. The van der Waals surface area contributed by atoms with Crippen LogP contribution in [0, 0.1) is 6.92 Å². The number of aryl methyl sites for hydroxylation is 1. The molecule has 3 heterocycles. The van der Waals surface area contributed by atoms with Crippen LogP contribution in [0.15, 0.2) is 18.5 Å². The number of amides is 1. The third kappa shape index (κ3) is 2.94. The molecule has 0 atom stereocenters. The number of H-pyrrole nitrogens is 1. The second kappa shape index (κ2) is 5.38. The maximum atomic E-state index is 13.6. The molecule has 23 heavy (non-hydrogen) atoms. The van der Waals surface area contributed by atoms with Gasteiger partial charge in [-0.25, -0.2) is 9.97 Å². The maximum Gasteiger partial charge on any atom is 0.288 e. The second-order valence-electron chi connectivity index (χ2n) is 5.31. The number of aromatic nitrogens is 3. The molecule has 0 spiro atoms. The minimum Gasteiger partial charge on any atom is -0.359 e. The molecule has 0 saturated heterocycles. The zero-order chi connectivity index (χ0) is 16.8. The summed E-state index contributed by atoms with van der Waals surface area (Å²) >= 11 is 1.21. The first-order valence-corrected chi connectivity index (χ1v) is 7.68.